The lowest BCUT2D eigenvalue weighted by Crippen LogP contribution is -2.17. The molecule has 0 aromatic heterocycles. The van der Waals surface area contributed by atoms with Crippen molar-refractivity contribution in [1.29, 1.82) is 0 Å². The van der Waals surface area contributed by atoms with E-state index in [9.17, 15) is 0 Å². The van der Waals surface area contributed by atoms with Crippen LogP contribution in [0.4, 0.5) is 0 Å². The van der Waals surface area contributed by atoms with E-state index >= 15 is 0 Å². The van der Waals surface area contributed by atoms with Crippen LogP contribution >= 0.6 is 0 Å². The first kappa shape index (κ1) is 12.0. The number of benzene rings is 1. The zero-order valence-electron chi connectivity index (χ0n) is 10.4. The maximum atomic E-state index is 5.75. The quantitative estimate of drug-likeness (QED) is 0.872. The van der Waals surface area contributed by atoms with E-state index in [1.807, 2.05) is 18.2 Å². The summed E-state index contributed by atoms with van der Waals surface area (Å²) in [6, 6.07) is 4.03. The predicted molar refractivity (Wildman–Crippen MR) is 69.6 cm³/mol. The second-order valence-electron chi connectivity index (χ2n) is 4.39. The van der Waals surface area contributed by atoms with E-state index in [4.69, 9.17) is 15.2 Å². The van der Waals surface area contributed by atoms with Gasteiger partial charge in [0.1, 0.15) is 13.2 Å². The molecule has 1 aliphatic heterocycles. The maximum Gasteiger partial charge on any atom is 0.165 e. The van der Waals surface area contributed by atoms with Crippen LogP contribution in [0.25, 0.3) is 6.08 Å². The SMILES string of the molecule is CC(C)c1c(/C=C/CN)ccc2c1OCCO2. The minimum Gasteiger partial charge on any atom is -0.486 e. The molecule has 0 saturated carbocycles. The zero-order valence-corrected chi connectivity index (χ0v) is 10.4. The van der Waals surface area contributed by atoms with Crippen LogP contribution < -0.4 is 15.2 Å². The second-order valence-corrected chi connectivity index (χ2v) is 4.39. The first-order valence-electron chi connectivity index (χ1n) is 6.03. The molecule has 17 heavy (non-hydrogen) atoms. The Bertz CT molecular complexity index is 424. The highest BCUT2D eigenvalue weighted by Crippen LogP contribution is 2.40. The monoisotopic (exact) mass is 233 g/mol. The van der Waals surface area contributed by atoms with Gasteiger partial charge >= 0.3 is 0 Å². The Kier molecular flexibility index (Phi) is 3.69. The van der Waals surface area contributed by atoms with Gasteiger partial charge in [0.2, 0.25) is 0 Å². The highest BCUT2D eigenvalue weighted by Gasteiger charge is 2.20. The van der Waals surface area contributed by atoms with Crippen molar-refractivity contribution in [3.8, 4) is 11.5 Å². The molecule has 0 bridgehead atoms. The van der Waals surface area contributed by atoms with Gasteiger partial charge in [-0.3, -0.25) is 0 Å². The van der Waals surface area contributed by atoms with Gasteiger partial charge in [-0.05, 0) is 17.5 Å². The molecule has 0 saturated heterocycles. The predicted octanol–water partition coefficient (Wildman–Crippen LogP) is 2.55. The normalized spacial score (nSPS) is 14.6. The molecule has 1 aromatic rings. The summed E-state index contributed by atoms with van der Waals surface area (Å²) >= 11 is 0. The van der Waals surface area contributed by atoms with E-state index in [-0.39, 0.29) is 0 Å². The average Bonchev–Trinajstić information content (AvgIpc) is 2.35. The van der Waals surface area contributed by atoms with E-state index in [1.54, 1.807) is 0 Å². The lowest BCUT2D eigenvalue weighted by molar-refractivity contribution is 0.169. The fourth-order valence-corrected chi connectivity index (χ4v) is 2.09. The number of nitrogens with two attached hydrogens (primary N) is 1. The fraction of sp³-hybridized carbons (Fsp3) is 0.429. The number of ether oxygens (including phenoxy) is 2. The van der Waals surface area contributed by atoms with Gasteiger partial charge in [-0.15, -0.1) is 0 Å². The van der Waals surface area contributed by atoms with Crippen LogP contribution in [0.2, 0.25) is 0 Å². The summed E-state index contributed by atoms with van der Waals surface area (Å²) in [5.41, 5.74) is 7.86. The molecule has 2 rings (SSSR count). The third-order valence-electron chi connectivity index (χ3n) is 2.79. The van der Waals surface area contributed by atoms with Crippen LogP contribution in [0.5, 0.6) is 11.5 Å². The summed E-state index contributed by atoms with van der Waals surface area (Å²) in [6.07, 6.45) is 4.00. The summed E-state index contributed by atoms with van der Waals surface area (Å²) in [7, 11) is 0. The van der Waals surface area contributed by atoms with Crippen molar-refractivity contribution in [2.24, 2.45) is 5.73 Å². The van der Waals surface area contributed by atoms with Crippen LogP contribution in [-0.4, -0.2) is 19.8 Å². The maximum absolute atomic E-state index is 5.75. The van der Waals surface area contributed by atoms with Crippen LogP contribution in [-0.2, 0) is 0 Å². The molecule has 1 aromatic carbocycles. The minimum atomic E-state index is 0.393. The van der Waals surface area contributed by atoms with Crippen molar-refractivity contribution >= 4 is 6.08 Å². The molecule has 92 valence electrons. The van der Waals surface area contributed by atoms with Crippen LogP contribution in [0.3, 0.4) is 0 Å². The molecule has 3 nitrogen and oxygen atoms in total. The topological polar surface area (TPSA) is 44.5 Å². The summed E-state index contributed by atoms with van der Waals surface area (Å²) in [5, 5.41) is 0. The van der Waals surface area contributed by atoms with Crippen molar-refractivity contribution < 1.29 is 9.47 Å². The molecule has 0 amide bonds. The van der Waals surface area contributed by atoms with E-state index in [1.165, 1.54) is 5.56 Å². The molecular formula is C14H19NO2. The van der Waals surface area contributed by atoms with Gasteiger partial charge in [0, 0.05) is 12.1 Å². The van der Waals surface area contributed by atoms with Crippen molar-refractivity contribution in [3.63, 3.8) is 0 Å². The Morgan fingerprint density at radius 1 is 1.29 bits per heavy atom. The van der Waals surface area contributed by atoms with Gasteiger partial charge in [0.25, 0.3) is 0 Å². The largest absolute Gasteiger partial charge is 0.486 e. The van der Waals surface area contributed by atoms with Crippen molar-refractivity contribution in [2.75, 3.05) is 19.8 Å². The molecule has 2 N–H and O–H groups in total. The summed E-state index contributed by atoms with van der Waals surface area (Å²) in [5.74, 6) is 2.14. The third kappa shape index (κ3) is 2.44. The van der Waals surface area contributed by atoms with Crippen molar-refractivity contribution in [3.05, 3.63) is 29.3 Å². The van der Waals surface area contributed by atoms with E-state index in [0.717, 1.165) is 17.1 Å². The van der Waals surface area contributed by atoms with E-state index in [2.05, 4.69) is 19.9 Å². The smallest absolute Gasteiger partial charge is 0.165 e. The minimum absolute atomic E-state index is 0.393. The van der Waals surface area contributed by atoms with Crippen LogP contribution in [0.15, 0.2) is 18.2 Å². The number of rotatable bonds is 3. The Morgan fingerprint density at radius 2 is 2.06 bits per heavy atom. The standard InChI is InChI=1S/C14H19NO2/c1-10(2)13-11(4-3-7-15)5-6-12-14(13)17-9-8-16-12/h3-6,10H,7-9,15H2,1-2H3/b4-3+. The van der Waals surface area contributed by atoms with Crippen molar-refractivity contribution in [2.45, 2.75) is 19.8 Å². The first-order chi connectivity index (χ1) is 8.24. The number of hydrogen-bond acceptors (Lipinski definition) is 3. The molecule has 0 unspecified atom stereocenters. The molecule has 1 aliphatic rings. The molecule has 0 radical (unpaired) electrons. The highest BCUT2D eigenvalue weighted by molar-refractivity contribution is 5.63. The van der Waals surface area contributed by atoms with Crippen molar-refractivity contribution in [1.82, 2.24) is 0 Å². The number of hydrogen-bond donors (Lipinski definition) is 1. The Balaban J connectivity index is 2.49. The lowest BCUT2D eigenvalue weighted by Gasteiger charge is -2.24. The summed E-state index contributed by atoms with van der Waals surface area (Å²) < 4.78 is 11.3. The van der Waals surface area contributed by atoms with Gasteiger partial charge in [0.15, 0.2) is 11.5 Å². The molecule has 0 atom stereocenters. The first-order valence-corrected chi connectivity index (χ1v) is 6.03. The Labute approximate surface area is 102 Å². The van der Waals surface area contributed by atoms with E-state index in [0.29, 0.717) is 25.7 Å². The highest BCUT2D eigenvalue weighted by atomic mass is 16.6. The van der Waals surface area contributed by atoms with Crippen LogP contribution in [0, 0.1) is 0 Å². The number of fused-ring (bicyclic) bond motifs is 1. The Hall–Kier alpha value is -1.48. The lowest BCUT2D eigenvalue weighted by atomic mass is 9.95. The van der Waals surface area contributed by atoms with Crippen LogP contribution in [0.1, 0.15) is 30.9 Å². The zero-order chi connectivity index (χ0) is 12.3. The fourth-order valence-electron chi connectivity index (χ4n) is 2.09. The molecule has 0 aliphatic carbocycles. The third-order valence-corrected chi connectivity index (χ3v) is 2.79. The molecule has 0 spiro atoms. The van der Waals surface area contributed by atoms with E-state index < -0.39 is 0 Å². The molecule has 3 heteroatoms. The van der Waals surface area contributed by atoms with Gasteiger partial charge in [-0.1, -0.05) is 32.1 Å². The van der Waals surface area contributed by atoms with Gasteiger partial charge < -0.3 is 15.2 Å². The van der Waals surface area contributed by atoms with Gasteiger partial charge in [-0.2, -0.15) is 0 Å². The summed E-state index contributed by atoms with van der Waals surface area (Å²) in [6.45, 7) is 6.12. The summed E-state index contributed by atoms with van der Waals surface area (Å²) in [4.78, 5) is 0. The average molecular weight is 233 g/mol. The molecule has 0 fully saturated rings. The Morgan fingerprint density at radius 3 is 2.76 bits per heavy atom. The molecular weight excluding hydrogens is 214 g/mol. The van der Waals surface area contributed by atoms with Gasteiger partial charge in [0.05, 0.1) is 0 Å². The second kappa shape index (κ2) is 5.23. The molecule has 1 heterocycles. The van der Waals surface area contributed by atoms with Gasteiger partial charge in [-0.25, -0.2) is 0 Å².